The third kappa shape index (κ3) is 3.22. The summed E-state index contributed by atoms with van der Waals surface area (Å²) in [5, 5.41) is 22.2. The number of hydrogen-bond acceptors (Lipinski definition) is 7. The molecule has 3 aromatic rings. The fraction of sp³-hybridized carbons (Fsp3) is 0.118. The molecule has 0 aliphatic carbocycles. The molecule has 0 aliphatic rings. The van der Waals surface area contributed by atoms with Crippen molar-refractivity contribution in [1.29, 1.82) is 0 Å². The Balaban J connectivity index is 2.07. The summed E-state index contributed by atoms with van der Waals surface area (Å²) in [5.41, 5.74) is 2.30. The maximum Gasteiger partial charge on any atom is 0.276 e. The molecule has 0 N–H and O–H groups in total. The Morgan fingerprint density at radius 1 is 0.769 bits per heavy atom. The number of pyridine rings is 3. The van der Waals surface area contributed by atoms with Crippen LogP contribution in [0, 0.1) is 34.1 Å². The summed E-state index contributed by atoms with van der Waals surface area (Å²) in [4.78, 5) is 34.1. The fourth-order valence-electron chi connectivity index (χ4n) is 2.42. The molecule has 0 saturated heterocycles. The van der Waals surface area contributed by atoms with Gasteiger partial charge in [0.25, 0.3) is 11.4 Å². The van der Waals surface area contributed by atoms with Crippen molar-refractivity contribution in [3.05, 3.63) is 74.1 Å². The standard InChI is InChI=1S/C17H13N5O4/c1-10-8-18-14(6-16(10)21(23)24)12-4-3-5-13(20-12)15-7-17(22(25)26)11(2)9-19-15/h3-9H,1-2H3. The number of nitro groups is 2. The van der Waals surface area contributed by atoms with Crippen LogP contribution in [-0.2, 0) is 0 Å². The van der Waals surface area contributed by atoms with Crippen LogP contribution < -0.4 is 0 Å². The van der Waals surface area contributed by atoms with E-state index in [0.717, 1.165) is 0 Å². The molecule has 26 heavy (non-hydrogen) atoms. The van der Waals surface area contributed by atoms with Gasteiger partial charge in [0, 0.05) is 35.7 Å². The van der Waals surface area contributed by atoms with E-state index in [1.54, 1.807) is 32.0 Å². The van der Waals surface area contributed by atoms with E-state index in [4.69, 9.17) is 0 Å². The Kier molecular flexibility index (Phi) is 4.36. The zero-order chi connectivity index (χ0) is 18.8. The average molecular weight is 351 g/mol. The molecule has 0 atom stereocenters. The van der Waals surface area contributed by atoms with E-state index < -0.39 is 9.85 Å². The first-order chi connectivity index (χ1) is 12.4. The van der Waals surface area contributed by atoms with Gasteiger partial charge in [0.15, 0.2) is 0 Å². The van der Waals surface area contributed by atoms with Crippen LogP contribution in [0.5, 0.6) is 0 Å². The largest absolute Gasteiger partial charge is 0.276 e. The van der Waals surface area contributed by atoms with Crippen LogP contribution in [0.4, 0.5) is 11.4 Å². The molecule has 0 bridgehead atoms. The molecule has 3 aromatic heterocycles. The first-order valence-corrected chi connectivity index (χ1v) is 7.56. The predicted octanol–water partition coefficient (Wildman–Crippen LogP) is 3.64. The van der Waals surface area contributed by atoms with Gasteiger partial charge in [-0.15, -0.1) is 0 Å². The highest BCUT2D eigenvalue weighted by Crippen LogP contribution is 2.27. The molecule has 0 fully saturated rings. The van der Waals surface area contributed by atoms with Gasteiger partial charge >= 0.3 is 0 Å². The highest BCUT2D eigenvalue weighted by molar-refractivity contribution is 5.65. The Bertz CT molecular complexity index is 957. The van der Waals surface area contributed by atoms with Gasteiger partial charge in [-0.3, -0.25) is 30.2 Å². The van der Waals surface area contributed by atoms with Crippen molar-refractivity contribution in [1.82, 2.24) is 15.0 Å². The molecule has 130 valence electrons. The maximum atomic E-state index is 11.1. The zero-order valence-electron chi connectivity index (χ0n) is 13.9. The number of hydrogen-bond donors (Lipinski definition) is 0. The van der Waals surface area contributed by atoms with E-state index in [1.807, 2.05) is 0 Å². The van der Waals surface area contributed by atoms with Gasteiger partial charge in [0.2, 0.25) is 0 Å². The van der Waals surface area contributed by atoms with Crippen LogP contribution >= 0.6 is 0 Å². The number of rotatable bonds is 4. The second kappa shape index (κ2) is 6.63. The zero-order valence-corrected chi connectivity index (χ0v) is 13.9. The topological polar surface area (TPSA) is 125 Å². The fourth-order valence-corrected chi connectivity index (χ4v) is 2.42. The number of aromatic nitrogens is 3. The smallest absolute Gasteiger partial charge is 0.258 e. The molecule has 9 nitrogen and oxygen atoms in total. The van der Waals surface area contributed by atoms with Gasteiger partial charge in [-0.25, -0.2) is 4.98 Å². The second-order valence-electron chi connectivity index (χ2n) is 5.63. The SMILES string of the molecule is Cc1cnc(-c2cccc(-c3cc([N+](=O)[O-])c(C)cn3)n2)cc1[N+](=O)[O-]. The number of aryl methyl sites for hydroxylation is 2. The lowest BCUT2D eigenvalue weighted by molar-refractivity contribution is -0.385. The predicted molar refractivity (Wildman–Crippen MR) is 93.5 cm³/mol. The Labute approximate surface area is 147 Å². The van der Waals surface area contributed by atoms with Crippen molar-refractivity contribution in [3.8, 4) is 22.8 Å². The third-order valence-corrected chi connectivity index (χ3v) is 3.82. The lowest BCUT2D eigenvalue weighted by atomic mass is 10.1. The molecule has 0 saturated carbocycles. The van der Waals surface area contributed by atoms with E-state index in [9.17, 15) is 20.2 Å². The van der Waals surface area contributed by atoms with Gasteiger partial charge in [-0.2, -0.15) is 0 Å². The van der Waals surface area contributed by atoms with Gasteiger partial charge in [-0.05, 0) is 26.0 Å². The highest BCUT2D eigenvalue weighted by atomic mass is 16.6. The summed E-state index contributed by atoms with van der Waals surface area (Å²) in [6.45, 7) is 3.21. The van der Waals surface area contributed by atoms with E-state index in [-0.39, 0.29) is 11.4 Å². The van der Waals surface area contributed by atoms with Crippen LogP contribution in [-0.4, -0.2) is 24.8 Å². The monoisotopic (exact) mass is 351 g/mol. The minimum Gasteiger partial charge on any atom is -0.258 e. The lowest BCUT2D eigenvalue weighted by Crippen LogP contribution is -1.98. The lowest BCUT2D eigenvalue weighted by Gasteiger charge is -2.06. The van der Waals surface area contributed by atoms with E-state index in [0.29, 0.717) is 33.9 Å². The summed E-state index contributed by atoms with van der Waals surface area (Å²) in [6, 6.07) is 7.72. The molecule has 3 rings (SSSR count). The van der Waals surface area contributed by atoms with Crippen LogP contribution in [0.3, 0.4) is 0 Å². The molecule has 3 heterocycles. The molecular weight excluding hydrogens is 338 g/mol. The van der Waals surface area contributed by atoms with Crippen LogP contribution in [0.1, 0.15) is 11.1 Å². The normalized spacial score (nSPS) is 10.5. The Hall–Kier alpha value is -3.75. The summed E-state index contributed by atoms with van der Waals surface area (Å²) in [6.07, 6.45) is 2.83. The van der Waals surface area contributed by atoms with Crippen molar-refractivity contribution in [2.45, 2.75) is 13.8 Å². The molecule has 0 aromatic carbocycles. The Morgan fingerprint density at radius 2 is 1.19 bits per heavy atom. The van der Waals surface area contributed by atoms with Crippen molar-refractivity contribution in [2.75, 3.05) is 0 Å². The molecule has 0 amide bonds. The van der Waals surface area contributed by atoms with Gasteiger partial charge < -0.3 is 0 Å². The van der Waals surface area contributed by atoms with Gasteiger partial charge in [0.05, 0.1) is 32.6 Å². The molecule has 0 spiro atoms. The van der Waals surface area contributed by atoms with Crippen LogP contribution in [0.15, 0.2) is 42.7 Å². The molecule has 0 radical (unpaired) electrons. The van der Waals surface area contributed by atoms with E-state index in [1.165, 1.54) is 24.5 Å². The third-order valence-electron chi connectivity index (χ3n) is 3.82. The maximum absolute atomic E-state index is 11.1. The summed E-state index contributed by atoms with van der Waals surface area (Å²) < 4.78 is 0. The minimum atomic E-state index is -0.477. The van der Waals surface area contributed by atoms with Crippen molar-refractivity contribution < 1.29 is 9.85 Å². The minimum absolute atomic E-state index is 0.0497. The van der Waals surface area contributed by atoms with Crippen molar-refractivity contribution in [2.24, 2.45) is 0 Å². The average Bonchev–Trinajstić information content (AvgIpc) is 2.62. The quantitative estimate of drug-likeness (QED) is 0.519. The number of nitrogens with zero attached hydrogens (tertiary/aromatic N) is 5. The summed E-state index contributed by atoms with van der Waals surface area (Å²) in [5.74, 6) is 0. The van der Waals surface area contributed by atoms with Crippen LogP contribution in [0.25, 0.3) is 22.8 Å². The molecule has 9 heteroatoms. The van der Waals surface area contributed by atoms with Gasteiger partial charge in [-0.1, -0.05) is 6.07 Å². The summed E-state index contributed by atoms with van der Waals surface area (Å²) >= 11 is 0. The molecule has 0 unspecified atom stereocenters. The highest BCUT2D eigenvalue weighted by Gasteiger charge is 2.16. The first-order valence-electron chi connectivity index (χ1n) is 7.56. The van der Waals surface area contributed by atoms with E-state index in [2.05, 4.69) is 15.0 Å². The first kappa shape index (κ1) is 17.1. The van der Waals surface area contributed by atoms with Crippen LogP contribution in [0.2, 0.25) is 0 Å². The summed E-state index contributed by atoms with van der Waals surface area (Å²) in [7, 11) is 0. The van der Waals surface area contributed by atoms with Crippen molar-refractivity contribution in [3.63, 3.8) is 0 Å². The van der Waals surface area contributed by atoms with Crippen molar-refractivity contribution >= 4 is 11.4 Å². The molecular formula is C17H13N5O4. The Morgan fingerprint density at radius 3 is 1.58 bits per heavy atom. The second-order valence-corrected chi connectivity index (χ2v) is 5.63. The molecule has 0 aliphatic heterocycles. The van der Waals surface area contributed by atoms with E-state index >= 15 is 0 Å². The van der Waals surface area contributed by atoms with Gasteiger partial charge in [0.1, 0.15) is 0 Å².